The van der Waals surface area contributed by atoms with Crippen molar-refractivity contribution < 1.29 is 0 Å². The van der Waals surface area contributed by atoms with E-state index in [1.807, 2.05) is 22.1 Å². The second kappa shape index (κ2) is 4.94. The van der Waals surface area contributed by atoms with Gasteiger partial charge in [-0.05, 0) is 24.6 Å². The molecule has 2 aromatic heterocycles. The van der Waals surface area contributed by atoms with Gasteiger partial charge < -0.3 is 10.3 Å². The molecule has 0 spiro atoms. The van der Waals surface area contributed by atoms with Crippen molar-refractivity contribution in [3.63, 3.8) is 0 Å². The fourth-order valence-electron chi connectivity index (χ4n) is 2.38. The van der Waals surface area contributed by atoms with Crippen LogP contribution in [0.5, 0.6) is 0 Å². The van der Waals surface area contributed by atoms with Gasteiger partial charge in [0.2, 0.25) is 5.95 Å². The highest BCUT2D eigenvalue weighted by Gasteiger charge is 2.20. The fourth-order valence-corrected chi connectivity index (χ4v) is 3.19. The molecule has 1 atom stereocenters. The molecule has 20 heavy (non-hydrogen) atoms. The zero-order valence-corrected chi connectivity index (χ0v) is 11.8. The normalized spacial score (nSPS) is 12.4. The average Bonchev–Trinajstić information content (AvgIpc) is 3.08. The van der Waals surface area contributed by atoms with Gasteiger partial charge in [-0.15, -0.1) is 11.3 Å². The van der Waals surface area contributed by atoms with E-state index in [2.05, 4.69) is 23.0 Å². The Hall–Kier alpha value is -2.39. The van der Waals surface area contributed by atoms with E-state index in [0.29, 0.717) is 11.5 Å². The molecule has 1 aromatic carbocycles. The first-order valence-corrected chi connectivity index (χ1v) is 7.19. The fraction of sp³-hybridized carbons (Fsp3) is 0.214. The highest BCUT2D eigenvalue weighted by atomic mass is 32.1. The average molecular weight is 283 g/mol. The summed E-state index contributed by atoms with van der Waals surface area (Å²) in [4.78, 5) is 8.76. The van der Waals surface area contributed by atoms with Crippen molar-refractivity contribution in [2.75, 3.05) is 5.73 Å². The number of nitriles is 1. The minimum Gasteiger partial charge on any atom is -0.369 e. The Morgan fingerprint density at radius 1 is 1.50 bits per heavy atom. The van der Waals surface area contributed by atoms with Crippen LogP contribution in [0.15, 0.2) is 29.8 Å². The highest BCUT2D eigenvalue weighted by Crippen LogP contribution is 2.31. The minimum absolute atomic E-state index is 0.0499. The van der Waals surface area contributed by atoms with Crippen LogP contribution in [0.25, 0.3) is 11.0 Å². The van der Waals surface area contributed by atoms with Crippen LogP contribution in [0, 0.1) is 11.3 Å². The van der Waals surface area contributed by atoms with Crippen LogP contribution in [-0.2, 0) is 0 Å². The van der Waals surface area contributed by atoms with Gasteiger partial charge in [-0.2, -0.15) is 5.26 Å². The second-order valence-corrected chi connectivity index (χ2v) is 5.38. The summed E-state index contributed by atoms with van der Waals surface area (Å²) in [5.74, 6) is 0.456. The molecule has 2 heterocycles. The topological polar surface area (TPSA) is 80.5 Å². The van der Waals surface area contributed by atoms with Gasteiger partial charge in [-0.25, -0.2) is 9.97 Å². The van der Waals surface area contributed by atoms with Crippen LogP contribution >= 0.6 is 11.3 Å². The molecule has 0 fully saturated rings. The van der Waals surface area contributed by atoms with Crippen LogP contribution in [0.1, 0.15) is 30.0 Å². The smallest absolute Gasteiger partial charge is 0.201 e. The van der Waals surface area contributed by atoms with E-state index < -0.39 is 0 Å². The molecule has 1 unspecified atom stereocenters. The first kappa shape index (κ1) is 12.6. The molecule has 6 heteroatoms. The molecule has 0 aliphatic rings. The number of imidazole rings is 1. The van der Waals surface area contributed by atoms with Crippen LogP contribution in [-0.4, -0.2) is 14.5 Å². The number of aromatic nitrogens is 3. The van der Waals surface area contributed by atoms with Gasteiger partial charge in [-0.1, -0.05) is 6.92 Å². The van der Waals surface area contributed by atoms with Gasteiger partial charge in [0.25, 0.3) is 0 Å². The van der Waals surface area contributed by atoms with Gasteiger partial charge in [0.15, 0.2) is 0 Å². The molecule has 0 aliphatic carbocycles. The van der Waals surface area contributed by atoms with E-state index in [-0.39, 0.29) is 6.04 Å². The van der Waals surface area contributed by atoms with Crippen molar-refractivity contribution in [2.24, 2.45) is 0 Å². The van der Waals surface area contributed by atoms with Gasteiger partial charge in [0.1, 0.15) is 5.01 Å². The van der Waals surface area contributed by atoms with Crippen LogP contribution in [0.4, 0.5) is 5.95 Å². The van der Waals surface area contributed by atoms with Crippen molar-refractivity contribution >= 4 is 28.3 Å². The Morgan fingerprint density at radius 2 is 2.35 bits per heavy atom. The van der Waals surface area contributed by atoms with E-state index in [1.165, 1.54) is 0 Å². The first-order chi connectivity index (χ1) is 9.74. The molecule has 100 valence electrons. The Kier molecular flexibility index (Phi) is 3.12. The van der Waals surface area contributed by atoms with Crippen LogP contribution in [0.2, 0.25) is 0 Å². The summed E-state index contributed by atoms with van der Waals surface area (Å²) in [5.41, 5.74) is 8.36. The summed E-state index contributed by atoms with van der Waals surface area (Å²) in [7, 11) is 0. The Morgan fingerprint density at radius 3 is 3.00 bits per heavy atom. The summed E-state index contributed by atoms with van der Waals surface area (Å²) in [6.45, 7) is 2.09. The van der Waals surface area contributed by atoms with E-state index in [1.54, 1.807) is 23.6 Å². The number of hydrogen-bond donors (Lipinski definition) is 1. The van der Waals surface area contributed by atoms with Gasteiger partial charge in [0, 0.05) is 11.6 Å². The Labute approximate surface area is 120 Å². The van der Waals surface area contributed by atoms with Crippen molar-refractivity contribution in [1.29, 1.82) is 5.26 Å². The molecular formula is C14H13N5S. The van der Waals surface area contributed by atoms with E-state index in [9.17, 15) is 0 Å². The third-order valence-corrected chi connectivity index (χ3v) is 4.16. The summed E-state index contributed by atoms with van der Waals surface area (Å²) in [5, 5.41) is 12.0. The van der Waals surface area contributed by atoms with Crippen LogP contribution < -0.4 is 5.73 Å². The second-order valence-electron chi connectivity index (χ2n) is 4.45. The lowest BCUT2D eigenvalue weighted by atomic mass is 10.2. The number of hydrogen-bond acceptors (Lipinski definition) is 5. The molecular weight excluding hydrogens is 270 g/mol. The van der Waals surface area contributed by atoms with E-state index in [4.69, 9.17) is 11.0 Å². The minimum atomic E-state index is 0.0499. The number of fused-ring (bicyclic) bond motifs is 1. The molecule has 2 N–H and O–H groups in total. The predicted octanol–water partition coefficient (Wildman–Crippen LogP) is 2.95. The monoisotopic (exact) mass is 283 g/mol. The highest BCUT2D eigenvalue weighted by molar-refractivity contribution is 7.09. The first-order valence-electron chi connectivity index (χ1n) is 6.31. The molecule has 0 aliphatic heterocycles. The zero-order valence-electron chi connectivity index (χ0n) is 10.9. The number of nitrogens with zero attached hydrogens (tertiary/aromatic N) is 4. The van der Waals surface area contributed by atoms with Gasteiger partial charge in [0.05, 0.1) is 28.7 Å². The third kappa shape index (κ3) is 1.92. The van der Waals surface area contributed by atoms with E-state index >= 15 is 0 Å². The summed E-state index contributed by atoms with van der Waals surface area (Å²) in [6, 6.07) is 7.61. The maximum atomic E-state index is 9.05. The largest absolute Gasteiger partial charge is 0.369 e. The SMILES string of the molecule is CCC(c1nccs1)n1c(N)nc2ccc(C#N)cc21. The maximum absolute atomic E-state index is 9.05. The molecule has 0 radical (unpaired) electrons. The molecule has 0 saturated carbocycles. The number of rotatable bonds is 3. The lowest BCUT2D eigenvalue weighted by Gasteiger charge is -2.16. The lowest BCUT2D eigenvalue weighted by Crippen LogP contribution is -2.12. The van der Waals surface area contributed by atoms with Gasteiger partial charge >= 0.3 is 0 Å². The molecule has 5 nitrogen and oxygen atoms in total. The van der Waals surface area contributed by atoms with E-state index in [0.717, 1.165) is 22.5 Å². The van der Waals surface area contributed by atoms with Gasteiger partial charge in [-0.3, -0.25) is 0 Å². The summed E-state index contributed by atoms with van der Waals surface area (Å²) in [6.07, 6.45) is 2.65. The predicted molar refractivity (Wildman–Crippen MR) is 79.4 cm³/mol. The van der Waals surface area contributed by atoms with Crippen LogP contribution in [0.3, 0.4) is 0 Å². The standard InChI is InChI=1S/C14H13N5S/c1-2-11(13-17-5-6-20-13)19-12-7-9(8-15)3-4-10(12)18-14(19)16/h3-7,11H,2H2,1H3,(H2,16,18). The lowest BCUT2D eigenvalue weighted by molar-refractivity contribution is 0.585. The molecule has 0 saturated heterocycles. The Bertz CT molecular complexity index is 782. The van der Waals surface area contributed by atoms with Crippen molar-refractivity contribution in [3.8, 4) is 6.07 Å². The number of anilines is 1. The molecule has 0 bridgehead atoms. The summed E-state index contributed by atoms with van der Waals surface area (Å²) >= 11 is 1.60. The quantitative estimate of drug-likeness (QED) is 0.801. The number of benzene rings is 1. The zero-order chi connectivity index (χ0) is 14.1. The third-order valence-electron chi connectivity index (χ3n) is 3.28. The molecule has 0 amide bonds. The number of nitrogens with two attached hydrogens (primary N) is 1. The summed E-state index contributed by atoms with van der Waals surface area (Å²) < 4.78 is 1.97. The Balaban J connectivity index is 2.24. The number of nitrogen functional groups attached to an aromatic ring is 1. The van der Waals surface area contributed by atoms with Crippen molar-refractivity contribution in [1.82, 2.24) is 14.5 Å². The molecule has 3 aromatic rings. The molecule has 3 rings (SSSR count). The maximum Gasteiger partial charge on any atom is 0.201 e. The number of thiazole rings is 1. The van der Waals surface area contributed by atoms with Crippen molar-refractivity contribution in [3.05, 3.63) is 40.3 Å². The van der Waals surface area contributed by atoms with Crippen molar-refractivity contribution in [2.45, 2.75) is 19.4 Å².